The van der Waals surface area contributed by atoms with E-state index in [1.54, 1.807) is 12.4 Å². The smallest absolute Gasteiger partial charge is 0.220 e. The minimum Gasteiger partial charge on any atom is -0.350 e. The average Bonchev–Trinajstić information content (AvgIpc) is 2.54. The third kappa shape index (κ3) is 4.65. The van der Waals surface area contributed by atoms with Crippen molar-refractivity contribution in [2.45, 2.75) is 39.7 Å². The Balaban J connectivity index is 1.96. The summed E-state index contributed by atoms with van der Waals surface area (Å²) in [5.41, 5.74) is 3.16. The summed E-state index contributed by atoms with van der Waals surface area (Å²) in [6.45, 7) is 6.26. The molecule has 2 aromatic rings. The maximum Gasteiger partial charge on any atom is 0.220 e. The van der Waals surface area contributed by atoms with Gasteiger partial charge < -0.3 is 5.32 Å². The van der Waals surface area contributed by atoms with Crippen LogP contribution in [0.5, 0.6) is 0 Å². The van der Waals surface area contributed by atoms with Crippen LogP contribution in [0.1, 0.15) is 45.2 Å². The Hall–Kier alpha value is -2.23. The van der Waals surface area contributed by atoms with Gasteiger partial charge in [0.1, 0.15) is 6.33 Å². The van der Waals surface area contributed by atoms with Crippen LogP contribution in [-0.4, -0.2) is 15.9 Å². The van der Waals surface area contributed by atoms with Gasteiger partial charge in [-0.1, -0.05) is 38.1 Å². The molecule has 2 rings (SSSR count). The van der Waals surface area contributed by atoms with Gasteiger partial charge in [0.05, 0.1) is 6.04 Å². The van der Waals surface area contributed by atoms with E-state index in [1.807, 2.05) is 31.2 Å². The van der Waals surface area contributed by atoms with Gasteiger partial charge in [-0.3, -0.25) is 4.79 Å². The summed E-state index contributed by atoms with van der Waals surface area (Å²) in [6.07, 6.45) is 6.61. The van der Waals surface area contributed by atoms with E-state index in [0.29, 0.717) is 12.3 Å². The molecule has 1 aromatic carbocycles. The summed E-state index contributed by atoms with van der Waals surface area (Å²) in [5.74, 6) is 0.662. The van der Waals surface area contributed by atoms with Crippen molar-refractivity contribution in [1.82, 2.24) is 15.3 Å². The Kier molecular flexibility index (Phi) is 5.64. The molecule has 0 saturated heterocycles. The predicted octanol–water partition coefficient (Wildman–Crippen LogP) is 3.76. The fraction of sp³-hybridized carbons (Fsp3) is 0.389. The first kappa shape index (κ1) is 16.1. The zero-order chi connectivity index (χ0) is 15.9. The molecule has 116 valence electrons. The summed E-state index contributed by atoms with van der Waals surface area (Å²) < 4.78 is 0. The Labute approximate surface area is 132 Å². The van der Waals surface area contributed by atoms with Crippen LogP contribution in [0.2, 0.25) is 0 Å². The van der Waals surface area contributed by atoms with Crippen LogP contribution < -0.4 is 5.32 Å². The highest BCUT2D eigenvalue weighted by Crippen LogP contribution is 2.20. The molecule has 0 bridgehead atoms. The first-order valence-electron chi connectivity index (χ1n) is 7.71. The third-order valence-electron chi connectivity index (χ3n) is 3.63. The first-order valence-corrected chi connectivity index (χ1v) is 7.71. The molecule has 1 amide bonds. The van der Waals surface area contributed by atoms with E-state index in [1.165, 1.54) is 6.33 Å². The highest BCUT2D eigenvalue weighted by atomic mass is 16.1. The lowest BCUT2D eigenvalue weighted by molar-refractivity contribution is -0.122. The number of rotatable bonds is 6. The van der Waals surface area contributed by atoms with Crippen molar-refractivity contribution in [3.63, 3.8) is 0 Å². The van der Waals surface area contributed by atoms with E-state index in [4.69, 9.17) is 0 Å². The summed E-state index contributed by atoms with van der Waals surface area (Å²) in [5, 5.41) is 3.05. The lowest BCUT2D eigenvalue weighted by Crippen LogP contribution is -2.26. The van der Waals surface area contributed by atoms with Crippen molar-refractivity contribution >= 4 is 5.91 Å². The maximum absolute atomic E-state index is 11.9. The van der Waals surface area contributed by atoms with Crippen molar-refractivity contribution in [2.75, 3.05) is 0 Å². The fourth-order valence-corrected chi connectivity index (χ4v) is 2.23. The number of hydrogen-bond donors (Lipinski definition) is 1. The number of nitrogens with one attached hydrogen (secondary N) is 1. The summed E-state index contributed by atoms with van der Waals surface area (Å²) >= 11 is 0. The standard InChI is InChI=1S/C18H23N3O/c1-13(2)4-9-18(22)21-14(3)15-5-7-16(8-6-15)17-10-19-12-20-11-17/h5-8,10-14H,4,9H2,1-3H3,(H,21,22)/t14-/m0/s1. The van der Waals surface area contributed by atoms with Gasteiger partial charge in [-0.2, -0.15) is 0 Å². The van der Waals surface area contributed by atoms with E-state index < -0.39 is 0 Å². The van der Waals surface area contributed by atoms with Crippen molar-refractivity contribution in [2.24, 2.45) is 5.92 Å². The summed E-state index contributed by atoms with van der Waals surface area (Å²) in [6, 6.07) is 8.15. The van der Waals surface area contributed by atoms with Crippen LogP contribution in [0.4, 0.5) is 0 Å². The first-order chi connectivity index (χ1) is 10.6. The van der Waals surface area contributed by atoms with E-state index >= 15 is 0 Å². The molecule has 0 spiro atoms. The van der Waals surface area contributed by atoms with Gasteiger partial charge in [-0.25, -0.2) is 9.97 Å². The topological polar surface area (TPSA) is 54.9 Å². The monoisotopic (exact) mass is 297 g/mol. The summed E-state index contributed by atoms with van der Waals surface area (Å²) in [7, 11) is 0. The molecule has 0 aliphatic rings. The van der Waals surface area contributed by atoms with E-state index in [2.05, 4.69) is 29.1 Å². The van der Waals surface area contributed by atoms with Gasteiger partial charge in [0.25, 0.3) is 0 Å². The number of amides is 1. The molecule has 0 aliphatic carbocycles. The lowest BCUT2D eigenvalue weighted by Gasteiger charge is -2.15. The van der Waals surface area contributed by atoms with Gasteiger partial charge in [0.15, 0.2) is 0 Å². The minimum atomic E-state index is 0.0146. The molecule has 0 fully saturated rings. The van der Waals surface area contributed by atoms with E-state index in [0.717, 1.165) is 23.1 Å². The fourth-order valence-electron chi connectivity index (χ4n) is 2.23. The van der Waals surface area contributed by atoms with Gasteiger partial charge in [-0.05, 0) is 30.4 Å². The van der Waals surface area contributed by atoms with Crippen LogP contribution in [0.3, 0.4) is 0 Å². The van der Waals surface area contributed by atoms with E-state index in [-0.39, 0.29) is 11.9 Å². The number of benzene rings is 1. The molecule has 0 radical (unpaired) electrons. The van der Waals surface area contributed by atoms with Crippen molar-refractivity contribution in [3.05, 3.63) is 48.5 Å². The van der Waals surface area contributed by atoms with Gasteiger partial charge in [0, 0.05) is 24.4 Å². The molecule has 1 atom stereocenters. The normalized spacial score (nSPS) is 12.2. The maximum atomic E-state index is 11.9. The second-order valence-electron chi connectivity index (χ2n) is 5.97. The largest absolute Gasteiger partial charge is 0.350 e. The Morgan fingerprint density at radius 3 is 2.27 bits per heavy atom. The van der Waals surface area contributed by atoms with Crippen LogP contribution in [0.15, 0.2) is 43.0 Å². The molecule has 22 heavy (non-hydrogen) atoms. The summed E-state index contributed by atoms with van der Waals surface area (Å²) in [4.78, 5) is 19.9. The zero-order valence-corrected chi connectivity index (χ0v) is 13.4. The van der Waals surface area contributed by atoms with Crippen LogP contribution in [-0.2, 0) is 4.79 Å². The molecule has 1 N–H and O–H groups in total. The molecule has 4 nitrogen and oxygen atoms in total. The second-order valence-corrected chi connectivity index (χ2v) is 5.97. The van der Waals surface area contributed by atoms with Crippen LogP contribution in [0.25, 0.3) is 11.1 Å². The molecule has 1 heterocycles. The number of carbonyl (C=O) groups is 1. The van der Waals surface area contributed by atoms with Crippen molar-refractivity contribution < 1.29 is 4.79 Å². The van der Waals surface area contributed by atoms with Crippen LogP contribution >= 0.6 is 0 Å². The molecular weight excluding hydrogens is 274 g/mol. The molecule has 0 unspecified atom stereocenters. The number of aromatic nitrogens is 2. The molecule has 1 aromatic heterocycles. The van der Waals surface area contributed by atoms with Gasteiger partial charge in [-0.15, -0.1) is 0 Å². The zero-order valence-electron chi connectivity index (χ0n) is 13.4. The third-order valence-corrected chi connectivity index (χ3v) is 3.63. The number of carbonyl (C=O) groups excluding carboxylic acids is 1. The minimum absolute atomic E-state index is 0.0146. The SMILES string of the molecule is CC(C)CCC(=O)N[C@@H](C)c1ccc(-c2cncnc2)cc1. The quantitative estimate of drug-likeness (QED) is 0.883. The molecule has 0 saturated carbocycles. The second kappa shape index (κ2) is 7.69. The number of nitrogens with zero attached hydrogens (tertiary/aromatic N) is 2. The van der Waals surface area contributed by atoms with Crippen molar-refractivity contribution in [3.8, 4) is 11.1 Å². The molecule has 4 heteroatoms. The van der Waals surface area contributed by atoms with Crippen LogP contribution in [0, 0.1) is 5.92 Å². The lowest BCUT2D eigenvalue weighted by atomic mass is 10.0. The van der Waals surface area contributed by atoms with Gasteiger partial charge in [0.2, 0.25) is 5.91 Å². The number of hydrogen-bond acceptors (Lipinski definition) is 3. The Morgan fingerprint density at radius 1 is 1.05 bits per heavy atom. The van der Waals surface area contributed by atoms with E-state index in [9.17, 15) is 4.79 Å². The average molecular weight is 297 g/mol. The Morgan fingerprint density at radius 2 is 1.68 bits per heavy atom. The molecule has 0 aliphatic heterocycles. The van der Waals surface area contributed by atoms with Gasteiger partial charge >= 0.3 is 0 Å². The predicted molar refractivity (Wildman–Crippen MR) is 88.1 cm³/mol. The van der Waals surface area contributed by atoms with Crippen molar-refractivity contribution in [1.29, 1.82) is 0 Å². The Bertz CT molecular complexity index is 593. The molecular formula is C18H23N3O. The highest BCUT2D eigenvalue weighted by molar-refractivity contribution is 5.76. The highest BCUT2D eigenvalue weighted by Gasteiger charge is 2.10.